The molecule has 0 aliphatic heterocycles. The van der Waals surface area contributed by atoms with Crippen LogP contribution in [0.15, 0.2) is 29.3 Å². The summed E-state index contributed by atoms with van der Waals surface area (Å²) in [5, 5.41) is 11.1. The van der Waals surface area contributed by atoms with Crippen LogP contribution in [0.5, 0.6) is 11.5 Å². The fraction of sp³-hybridized carbons (Fsp3) is 0.474. The summed E-state index contributed by atoms with van der Waals surface area (Å²) in [6.07, 6.45) is -0.0493. The first-order valence-corrected chi connectivity index (χ1v) is 8.69. The van der Waals surface area contributed by atoms with E-state index in [0.717, 1.165) is 28.8 Å². The van der Waals surface area contributed by atoms with Gasteiger partial charge in [0.05, 0.1) is 19.3 Å². The maximum absolute atomic E-state index is 5.95. The number of hydrogen-bond donors (Lipinski definition) is 2. The van der Waals surface area contributed by atoms with E-state index in [1.54, 1.807) is 14.2 Å². The molecule has 2 N–H and O–H groups in total. The lowest BCUT2D eigenvalue weighted by atomic mass is 10.2. The van der Waals surface area contributed by atoms with Crippen LogP contribution in [-0.2, 0) is 13.6 Å². The number of aromatic nitrogens is 2. The minimum absolute atomic E-state index is 0.0493. The third-order valence-corrected chi connectivity index (χ3v) is 4.27. The fourth-order valence-electron chi connectivity index (χ4n) is 2.68. The third-order valence-electron chi connectivity index (χ3n) is 4.27. The van der Waals surface area contributed by atoms with Crippen LogP contribution in [0, 0.1) is 13.8 Å². The van der Waals surface area contributed by atoms with Crippen molar-refractivity contribution in [2.75, 3.05) is 20.7 Å². The Labute approximate surface area is 155 Å². The van der Waals surface area contributed by atoms with Crippen LogP contribution in [0.2, 0.25) is 0 Å². The van der Waals surface area contributed by atoms with E-state index in [1.807, 2.05) is 49.8 Å². The predicted molar refractivity (Wildman–Crippen MR) is 104 cm³/mol. The van der Waals surface area contributed by atoms with Crippen molar-refractivity contribution in [3.63, 3.8) is 0 Å². The van der Waals surface area contributed by atoms with E-state index < -0.39 is 0 Å². The van der Waals surface area contributed by atoms with Crippen molar-refractivity contribution in [1.29, 1.82) is 0 Å². The van der Waals surface area contributed by atoms with Gasteiger partial charge >= 0.3 is 0 Å². The number of rotatable bonds is 7. The van der Waals surface area contributed by atoms with Gasteiger partial charge in [0, 0.05) is 31.9 Å². The van der Waals surface area contributed by atoms with Gasteiger partial charge in [0.2, 0.25) is 0 Å². The number of aryl methyl sites for hydroxylation is 2. The Morgan fingerprint density at radius 1 is 1.23 bits per heavy atom. The highest BCUT2D eigenvalue weighted by atomic mass is 16.5. The maximum Gasteiger partial charge on any atom is 0.191 e. The van der Waals surface area contributed by atoms with Crippen molar-refractivity contribution < 1.29 is 9.47 Å². The zero-order valence-electron chi connectivity index (χ0n) is 16.5. The third kappa shape index (κ3) is 4.91. The van der Waals surface area contributed by atoms with Gasteiger partial charge in [-0.3, -0.25) is 9.67 Å². The van der Waals surface area contributed by atoms with Gasteiger partial charge in [0.1, 0.15) is 6.10 Å². The van der Waals surface area contributed by atoms with Gasteiger partial charge in [0.15, 0.2) is 17.5 Å². The molecule has 0 amide bonds. The molecule has 1 aromatic carbocycles. The first kappa shape index (κ1) is 19.6. The molecule has 1 heterocycles. The van der Waals surface area contributed by atoms with E-state index in [0.29, 0.717) is 13.1 Å². The van der Waals surface area contributed by atoms with Crippen molar-refractivity contribution in [3.05, 3.63) is 41.2 Å². The molecule has 1 aromatic heterocycles. The molecular weight excluding hydrogens is 330 g/mol. The number of nitrogens with zero attached hydrogens (tertiary/aromatic N) is 3. The molecule has 0 bridgehead atoms. The first-order valence-electron chi connectivity index (χ1n) is 8.69. The fourth-order valence-corrected chi connectivity index (χ4v) is 2.68. The summed E-state index contributed by atoms with van der Waals surface area (Å²) < 4.78 is 13.2. The predicted octanol–water partition coefficient (Wildman–Crippen LogP) is 2.18. The highest BCUT2D eigenvalue weighted by Crippen LogP contribution is 2.26. The van der Waals surface area contributed by atoms with Gasteiger partial charge in [-0.15, -0.1) is 0 Å². The average Bonchev–Trinajstić information content (AvgIpc) is 2.88. The molecule has 2 rings (SSSR count). The van der Waals surface area contributed by atoms with Crippen LogP contribution in [0.1, 0.15) is 23.9 Å². The second-order valence-corrected chi connectivity index (χ2v) is 6.16. The number of aliphatic imine (C=N–C) groups is 1. The molecule has 7 nitrogen and oxygen atoms in total. The van der Waals surface area contributed by atoms with Crippen molar-refractivity contribution in [3.8, 4) is 11.5 Å². The van der Waals surface area contributed by atoms with Crippen LogP contribution in [-0.4, -0.2) is 42.5 Å². The molecule has 0 saturated carbocycles. The molecule has 0 aliphatic carbocycles. The van der Waals surface area contributed by atoms with E-state index in [1.165, 1.54) is 5.56 Å². The Morgan fingerprint density at radius 3 is 2.50 bits per heavy atom. The Kier molecular flexibility index (Phi) is 6.89. The molecule has 1 atom stereocenters. The van der Waals surface area contributed by atoms with Crippen molar-refractivity contribution in [1.82, 2.24) is 20.4 Å². The number of methoxy groups -OCH3 is 1. The number of ether oxygens (including phenoxy) is 2. The van der Waals surface area contributed by atoms with Crippen molar-refractivity contribution >= 4 is 5.96 Å². The number of nitrogens with one attached hydrogen (secondary N) is 2. The van der Waals surface area contributed by atoms with Crippen LogP contribution in [0.4, 0.5) is 0 Å². The van der Waals surface area contributed by atoms with E-state index >= 15 is 0 Å². The molecule has 0 fully saturated rings. The number of para-hydroxylation sites is 2. The van der Waals surface area contributed by atoms with Gasteiger partial charge in [-0.1, -0.05) is 12.1 Å². The Balaban J connectivity index is 1.86. The summed E-state index contributed by atoms with van der Waals surface area (Å²) in [6, 6.07) is 7.63. The average molecular weight is 359 g/mol. The second kappa shape index (κ2) is 9.12. The van der Waals surface area contributed by atoms with Crippen LogP contribution in [0.25, 0.3) is 0 Å². The van der Waals surface area contributed by atoms with Gasteiger partial charge in [-0.2, -0.15) is 5.10 Å². The highest BCUT2D eigenvalue weighted by molar-refractivity contribution is 5.79. The number of benzene rings is 1. The van der Waals surface area contributed by atoms with E-state index in [2.05, 4.69) is 27.6 Å². The molecule has 0 radical (unpaired) electrons. The minimum atomic E-state index is -0.0493. The van der Waals surface area contributed by atoms with Crippen LogP contribution < -0.4 is 20.1 Å². The Hall–Kier alpha value is -2.70. The van der Waals surface area contributed by atoms with E-state index in [4.69, 9.17) is 9.47 Å². The quantitative estimate of drug-likeness (QED) is 0.586. The SMILES string of the molecule is CN=C(NCc1c(C)nn(C)c1C)NCC(C)Oc1ccccc1OC. The van der Waals surface area contributed by atoms with Crippen molar-refractivity contribution in [2.45, 2.75) is 33.4 Å². The van der Waals surface area contributed by atoms with Crippen LogP contribution >= 0.6 is 0 Å². The zero-order valence-corrected chi connectivity index (χ0v) is 16.5. The Morgan fingerprint density at radius 2 is 1.92 bits per heavy atom. The normalized spacial score (nSPS) is 12.6. The Bertz CT molecular complexity index is 754. The summed E-state index contributed by atoms with van der Waals surface area (Å²) in [5.41, 5.74) is 3.37. The molecule has 2 aromatic rings. The molecule has 0 saturated heterocycles. The molecule has 0 spiro atoms. The van der Waals surface area contributed by atoms with Crippen LogP contribution in [0.3, 0.4) is 0 Å². The molecule has 7 heteroatoms. The maximum atomic E-state index is 5.95. The molecular formula is C19H29N5O2. The monoisotopic (exact) mass is 359 g/mol. The van der Waals surface area contributed by atoms with Crippen molar-refractivity contribution in [2.24, 2.45) is 12.0 Å². The summed E-state index contributed by atoms with van der Waals surface area (Å²) in [6.45, 7) is 7.37. The largest absolute Gasteiger partial charge is 0.493 e. The van der Waals surface area contributed by atoms with Gasteiger partial charge in [-0.05, 0) is 32.9 Å². The first-order chi connectivity index (χ1) is 12.5. The summed E-state index contributed by atoms with van der Waals surface area (Å²) >= 11 is 0. The summed E-state index contributed by atoms with van der Waals surface area (Å²) in [4.78, 5) is 4.27. The minimum Gasteiger partial charge on any atom is -0.493 e. The molecule has 26 heavy (non-hydrogen) atoms. The standard InChI is InChI=1S/C19H29N5O2/c1-13(26-18-10-8-7-9-17(18)25-6)11-21-19(20-4)22-12-16-14(2)23-24(5)15(16)3/h7-10,13H,11-12H2,1-6H3,(H2,20,21,22). The smallest absolute Gasteiger partial charge is 0.191 e. The van der Waals surface area contributed by atoms with E-state index in [9.17, 15) is 0 Å². The van der Waals surface area contributed by atoms with Gasteiger partial charge < -0.3 is 20.1 Å². The highest BCUT2D eigenvalue weighted by Gasteiger charge is 2.11. The molecule has 142 valence electrons. The number of guanidine groups is 1. The summed E-state index contributed by atoms with van der Waals surface area (Å²) in [5.74, 6) is 2.18. The second-order valence-electron chi connectivity index (χ2n) is 6.16. The lowest BCUT2D eigenvalue weighted by Crippen LogP contribution is -2.41. The lowest BCUT2D eigenvalue weighted by Gasteiger charge is -2.19. The molecule has 1 unspecified atom stereocenters. The topological polar surface area (TPSA) is 72.7 Å². The van der Waals surface area contributed by atoms with Gasteiger partial charge in [0.25, 0.3) is 0 Å². The number of hydrogen-bond acceptors (Lipinski definition) is 4. The van der Waals surface area contributed by atoms with Gasteiger partial charge in [-0.25, -0.2) is 0 Å². The molecule has 0 aliphatic rings. The summed E-state index contributed by atoms with van der Waals surface area (Å²) in [7, 11) is 5.35. The van der Waals surface area contributed by atoms with E-state index in [-0.39, 0.29) is 6.10 Å². The zero-order chi connectivity index (χ0) is 19.1. The lowest BCUT2D eigenvalue weighted by molar-refractivity contribution is 0.213.